The molecule has 0 aromatic heterocycles. The van der Waals surface area contributed by atoms with Crippen molar-refractivity contribution < 1.29 is 23.8 Å². The first-order chi connectivity index (χ1) is 13.0. The lowest BCUT2D eigenvalue weighted by atomic mass is 10.1. The van der Waals surface area contributed by atoms with Crippen LogP contribution < -0.4 is 9.64 Å². The molecule has 0 saturated carbocycles. The van der Waals surface area contributed by atoms with Crippen molar-refractivity contribution in [3.05, 3.63) is 58.6 Å². The minimum Gasteiger partial charge on any atom is -0.492 e. The zero-order chi connectivity index (χ0) is 19.0. The Balaban J connectivity index is 1.51. The summed E-state index contributed by atoms with van der Waals surface area (Å²) in [6.07, 6.45) is 0. The number of anilines is 1. The third-order valence-electron chi connectivity index (χ3n) is 4.68. The molecule has 0 unspecified atom stereocenters. The summed E-state index contributed by atoms with van der Waals surface area (Å²) in [6.45, 7) is 2.76. The van der Waals surface area contributed by atoms with Gasteiger partial charge in [-0.3, -0.25) is 9.59 Å². The molecule has 0 aliphatic carbocycles. The molecule has 0 radical (unpaired) electrons. The zero-order valence-corrected chi connectivity index (χ0v) is 15.5. The number of halogens is 1. The maximum absolute atomic E-state index is 13.0. The van der Waals surface area contributed by atoms with Gasteiger partial charge >= 0.3 is 0 Å². The van der Waals surface area contributed by atoms with Gasteiger partial charge in [0.15, 0.2) is 5.78 Å². The van der Waals surface area contributed by atoms with E-state index in [2.05, 4.69) is 0 Å². The summed E-state index contributed by atoms with van der Waals surface area (Å²) in [6, 6.07) is 12.2. The number of benzene rings is 2. The second kappa shape index (κ2) is 6.96. The number of carbonyl (C=O) groups excluding carboxylic acids is 2. The van der Waals surface area contributed by atoms with Gasteiger partial charge in [0.1, 0.15) is 12.4 Å². The van der Waals surface area contributed by atoms with Gasteiger partial charge in [0, 0.05) is 11.1 Å². The van der Waals surface area contributed by atoms with E-state index in [9.17, 15) is 9.59 Å². The standard InChI is InChI=1S/C20H18ClNO5/c1-13(23)14-5-7-15(8-6-14)25-10-9-22-18-16(3-2-4-17(18)21)20(19(22)24)26-11-12-27-20/h2-8H,9-12H2,1H3. The van der Waals surface area contributed by atoms with E-state index in [0.29, 0.717) is 47.3 Å². The van der Waals surface area contributed by atoms with Crippen LogP contribution in [0, 0.1) is 0 Å². The molecule has 1 spiro atoms. The van der Waals surface area contributed by atoms with Crippen LogP contribution in [0.25, 0.3) is 0 Å². The first-order valence-corrected chi connectivity index (χ1v) is 9.03. The SMILES string of the molecule is CC(=O)c1ccc(OCCN2C(=O)C3(OCCO3)c3cccc(Cl)c32)cc1. The number of ketones is 1. The van der Waals surface area contributed by atoms with Gasteiger partial charge in [0.2, 0.25) is 0 Å². The quantitative estimate of drug-likeness (QED) is 0.737. The van der Waals surface area contributed by atoms with Crippen LogP contribution in [0.2, 0.25) is 5.02 Å². The second-order valence-electron chi connectivity index (χ2n) is 6.34. The lowest BCUT2D eigenvalue weighted by Crippen LogP contribution is -2.42. The fourth-order valence-electron chi connectivity index (χ4n) is 3.40. The van der Waals surface area contributed by atoms with Crippen LogP contribution in [0.15, 0.2) is 42.5 Å². The first kappa shape index (κ1) is 18.0. The monoisotopic (exact) mass is 387 g/mol. The molecule has 0 bridgehead atoms. The van der Waals surface area contributed by atoms with Crippen molar-refractivity contribution in [2.45, 2.75) is 12.7 Å². The Kier molecular flexibility index (Phi) is 4.63. The molecule has 1 saturated heterocycles. The summed E-state index contributed by atoms with van der Waals surface area (Å²) in [5, 5.41) is 0.461. The minimum absolute atomic E-state index is 0.00248. The number of amides is 1. The van der Waals surface area contributed by atoms with Gasteiger partial charge in [-0.25, -0.2) is 0 Å². The van der Waals surface area contributed by atoms with Crippen LogP contribution in [0.1, 0.15) is 22.8 Å². The molecule has 27 heavy (non-hydrogen) atoms. The van der Waals surface area contributed by atoms with Crippen LogP contribution in [0.4, 0.5) is 5.69 Å². The van der Waals surface area contributed by atoms with Gasteiger partial charge in [-0.1, -0.05) is 23.7 Å². The van der Waals surface area contributed by atoms with Crippen LogP contribution in [-0.2, 0) is 20.1 Å². The molecule has 0 atom stereocenters. The van der Waals surface area contributed by atoms with Crippen molar-refractivity contribution in [1.82, 2.24) is 0 Å². The molecule has 2 aliphatic rings. The van der Waals surface area contributed by atoms with E-state index in [-0.39, 0.29) is 18.3 Å². The summed E-state index contributed by atoms with van der Waals surface area (Å²) < 4.78 is 17.1. The lowest BCUT2D eigenvalue weighted by Gasteiger charge is -2.22. The van der Waals surface area contributed by atoms with Crippen molar-refractivity contribution in [3.8, 4) is 5.75 Å². The normalized spacial score (nSPS) is 17.4. The van der Waals surface area contributed by atoms with Crippen LogP contribution in [-0.4, -0.2) is 38.1 Å². The van der Waals surface area contributed by atoms with E-state index in [4.69, 9.17) is 25.8 Å². The van der Waals surface area contributed by atoms with E-state index in [1.807, 2.05) is 0 Å². The van der Waals surface area contributed by atoms with Gasteiger partial charge in [-0.05, 0) is 37.3 Å². The third-order valence-corrected chi connectivity index (χ3v) is 4.98. The predicted octanol–water partition coefficient (Wildman–Crippen LogP) is 3.17. The Bertz CT molecular complexity index is 890. The van der Waals surface area contributed by atoms with E-state index in [0.717, 1.165) is 0 Å². The third kappa shape index (κ3) is 3.00. The molecule has 4 rings (SSSR count). The average molecular weight is 388 g/mol. The Morgan fingerprint density at radius 2 is 1.89 bits per heavy atom. The fourth-order valence-corrected chi connectivity index (χ4v) is 3.67. The highest BCUT2D eigenvalue weighted by atomic mass is 35.5. The molecule has 2 heterocycles. The predicted molar refractivity (Wildman–Crippen MR) is 99.3 cm³/mol. The first-order valence-electron chi connectivity index (χ1n) is 8.65. The summed E-state index contributed by atoms with van der Waals surface area (Å²) >= 11 is 6.36. The van der Waals surface area contributed by atoms with Gasteiger partial charge < -0.3 is 19.1 Å². The molecular weight excluding hydrogens is 370 g/mol. The molecule has 2 aromatic carbocycles. The number of hydrogen-bond acceptors (Lipinski definition) is 5. The van der Waals surface area contributed by atoms with Gasteiger partial charge in [-0.2, -0.15) is 0 Å². The van der Waals surface area contributed by atoms with E-state index < -0.39 is 5.79 Å². The smallest absolute Gasteiger partial charge is 0.292 e. The Morgan fingerprint density at radius 3 is 2.56 bits per heavy atom. The Hall–Kier alpha value is -2.41. The maximum atomic E-state index is 13.0. The molecule has 7 heteroatoms. The molecule has 0 N–H and O–H groups in total. The van der Waals surface area contributed by atoms with E-state index in [1.54, 1.807) is 47.4 Å². The van der Waals surface area contributed by atoms with Crippen molar-refractivity contribution >= 4 is 29.0 Å². The van der Waals surface area contributed by atoms with Crippen LogP contribution in [0.5, 0.6) is 5.75 Å². The summed E-state index contributed by atoms with van der Waals surface area (Å²) in [4.78, 5) is 25.9. The highest BCUT2D eigenvalue weighted by molar-refractivity contribution is 6.35. The minimum atomic E-state index is -1.40. The number of Topliss-reactive ketones (excluding diaryl/α,β-unsaturated/α-hetero) is 1. The van der Waals surface area contributed by atoms with Crippen molar-refractivity contribution in [2.75, 3.05) is 31.3 Å². The number of rotatable bonds is 5. The largest absolute Gasteiger partial charge is 0.492 e. The summed E-state index contributed by atoms with van der Waals surface area (Å²) in [7, 11) is 0. The average Bonchev–Trinajstić information content (AvgIpc) is 3.24. The highest BCUT2D eigenvalue weighted by Crippen LogP contribution is 2.48. The number of hydrogen-bond donors (Lipinski definition) is 0. The Morgan fingerprint density at radius 1 is 1.19 bits per heavy atom. The number of ether oxygens (including phenoxy) is 3. The molecule has 2 aliphatic heterocycles. The van der Waals surface area contributed by atoms with Gasteiger partial charge in [0.25, 0.3) is 11.7 Å². The number of para-hydroxylation sites is 1. The molecular formula is C20H18ClNO5. The molecule has 6 nitrogen and oxygen atoms in total. The van der Waals surface area contributed by atoms with Crippen molar-refractivity contribution in [3.63, 3.8) is 0 Å². The summed E-state index contributed by atoms with van der Waals surface area (Å²) in [5.41, 5.74) is 1.85. The fraction of sp³-hybridized carbons (Fsp3) is 0.300. The number of nitrogens with zero attached hydrogens (tertiary/aromatic N) is 1. The molecule has 140 valence electrons. The molecule has 1 amide bonds. The van der Waals surface area contributed by atoms with E-state index >= 15 is 0 Å². The topological polar surface area (TPSA) is 65.1 Å². The second-order valence-corrected chi connectivity index (χ2v) is 6.74. The molecule has 1 fully saturated rings. The van der Waals surface area contributed by atoms with Crippen molar-refractivity contribution in [1.29, 1.82) is 0 Å². The number of fused-ring (bicyclic) bond motifs is 2. The zero-order valence-electron chi connectivity index (χ0n) is 14.7. The lowest BCUT2D eigenvalue weighted by molar-refractivity contribution is -0.180. The van der Waals surface area contributed by atoms with Crippen LogP contribution >= 0.6 is 11.6 Å². The highest BCUT2D eigenvalue weighted by Gasteiger charge is 2.56. The van der Waals surface area contributed by atoms with Gasteiger partial charge in [0.05, 0.1) is 30.5 Å². The Labute approximate surface area is 161 Å². The van der Waals surface area contributed by atoms with E-state index in [1.165, 1.54) is 6.92 Å². The maximum Gasteiger partial charge on any atom is 0.292 e. The van der Waals surface area contributed by atoms with Gasteiger partial charge in [-0.15, -0.1) is 0 Å². The molecule has 2 aromatic rings. The van der Waals surface area contributed by atoms with Crippen LogP contribution in [0.3, 0.4) is 0 Å². The number of carbonyl (C=O) groups is 2. The summed E-state index contributed by atoms with van der Waals surface area (Å²) in [5.74, 6) is -1.08. The van der Waals surface area contributed by atoms with Crippen molar-refractivity contribution in [2.24, 2.45) is 0 Å².